The smallest absolute Gasteiger partial charge is 0.0726 e. The number of nitrogens with zero attached hydrogens (tertiary/aromatic N) is 1. The first-order chi connectivity index (χ1) is 29.3. The zero-order valence-corrected chi connectivity index (χ0v) is 32.9. The van der Waals surface area contributed by atoms with Gasteiger partial charge in [-0.05, 0) is 91.2 Å². The van der Waals surface area contributed by atoms with E-state index in [1.165, 1.54) is 103 Å². The van der Waals surface area contributed by atoms with Crippen LogP contribution < -0.4 is 4.90 Å². The van der Waals surface area contributed by atoms with Crippen LogP contribution >= 0.6 is 11.3 Å². The van der Waals surface area contributed by atoms with Crippen molar-refractivity contribution < 1.29 is 0 Å². The molecule has 274 valence electrons. The van der Waals surface area contributed by atoms with Crippen molar-refractivity contribution in [2.24, 2.45) is 0 Å². The Balaban J connectivity index is 1.19. The van der Waals surface area contributed by atoms with Crippen molar-refractivity contribution >= 4 is 70.1 Å². The minimum atomic E-state index is -0.456. The van der Waals surface area contributed by atoms with Gasteiger partial charge in [-0.1, -0.05) is 182 Å². The summed E-state index contributed by atoms with van der Waals surface area (Å²) < 4.78 is 2.63. The summed E-state index contributed by atoms with van der Waals surface area (Å²) in [7, 11) is 0. The maximum atomic E-state index is 2.58. The Kier molecular flexibility index (Phi) is 6.87. The molecule has 13 rings (SSSR count). The summed E-state index contributed by atoms with van der Waals surface area (Å²) in [4.78, 5) is 2.58. The normalized spacial score (nSPS) is 13.2. The second-order valence-corrected chi connectivity index (χ2v) is 17.0. The summed E-state index contributed by atoms with van der Waals surface area (Å²) in [6.45, 7) is 0. The Morgan fingerprint density at radius 2 is 0.898 bits per heavy atom. The van der Waals surface area contributed by atoms with Crippen LogP contribution in [0.25, 0.3) is 75.1 Å². The third kappa shape index (κ3) is 4.44. The number of thiophene rings is 1. The Hall–Kier alpha value is -7.26. The lowest BCUT2D eigenvalue weighted by atomic mass is 9.70. The van der Waals surface area contributed by atoms with Gasteiger partial charge in [0.1, 0.15) is 0 Å². The second kappa shape index (κ2) is 12.4. The van der Waals surface area contributed by atoms with Crippen LogP contribution in [0.15, 0.2) is 212 Å². The van der Waals surface area contributed by atoms with Gasteiger partial charge < -0.3 is 4.90 Å². The first-order valence-electron chi connectivity index (χ1n) is 20.4. The van der Waals surface area contributed by atoms with E-state index in [2.05, 4.69) is 217 Å². The Labute approximate surface area is 346 Å². The third-order valence-corrected chi connectivity index (χ3v) is 14.2. The minimum absolute atomic E-state index is 0.456. The fourth-order valence-corrected chi connectivity index (χ4v) is 11.9. The number of benzene rings is 10. The monoisotopic (exact) mass is 765 g/mol. The Morgan fingerprint density at radius 3 is 1.61 bits per heavy atom. The van der Waals surface area contributed by atoms with Gasteiger partial charge in [0.2, 0.25) is 0 Å². The van der Waals surface area contributed by atoms with E-state index in [4.69, 9.17) is 0 Å². The second-order valence-electron chi connectivity index (χ2n) is 15.9. The highest BCUT2D eigenvalue weighted by Crippen LogP contribution is 2.64. The minimum Gasteiger partial charge on any atom is -0.309 e. The molecule has 10 aromatic carbocycles. The van der Waals surface area contributed by atoms with E-state index in [0.717, 1.165) is 11.4 Å². The molecular weight excluding hydrogens is 731 g/mol. The molecule has 0 N–H and O–H groups in total. The fraction of sp³-hybridized carbons (Fsp3) is 0.0175. The predicted molar refractivity (Wildman–Crippen MR) is 251 cm³/mol. The van der Waals surface area contributed by atoms with Crippen molar-refractivity contribution in [3.8, 4) is 33.4 Å². The topological polar surface area (TPSA) is 3.24 Å². The molecule has 0 amide bonds. The Morgan fingerprint density at radius 1 is 0.373 bits per heavy atom. The van der Waals surface area contributed by atoms with Gasteiger partial charge in [0, 0.05) is 47.9 Å². The van der Waals surface area contributed by atoms with E-state index in [1.807, 2.05) is 11.3 Å². The molecule has 0 saturated heterocycles. The molecule has 0 bridgehead atoms. The lowest BCUT2D eigenvalue weighted by molar-refractivity contribution is 0.793. The molecule has 1 spiro atoms. The van der Waals surface area contributed by atoms with E-state index in [0.29, 0.717) is 0 Å². The largest absolute Gasteiger partial charge is 0.309 e. The van der Waals surface area contributed by atoms with Crippen LogP contribution in [0.4, 0.5) is 17.1 Å². The lowest BCUT2D eigenvalue weighted by Gasteiger charge is -2.33. The summed E-state index contributed by atoms with van der Waals surface area (Å²) in [5.41, 5.74) is 16.1. The van der Waals surface area contributed by atoms with Gasteiger partial charge in [-0.25, -0.2) is 0 Å². The molecule has 59 heavy (non-hydrogen) atoms. The van der Waals surface area contributed by atoms with Crippen LogP contribution in [-0.4, -0.2) is 0 Å². The van der Waals surface area contributed by atoms with Crippen molar-refractivity contribution in [3.63, 3.8) is 0 Å². The summed E-state index contributed by atoms with van der Waals surface area (Å²) in [6.07, 6.45) is 0. The first-order valence-corrected chi connectivity index (χ1v) is 21.2. The first kappa shape index (κ1) is 32.8. The quantitative estimate of drug-likeness (QED) is 0.172. The summed E-state index contributed by atoms with van der Waals surface area (Å²) >= 11 is 1.90. The van der Waals surface area contributed by atoms with Crippen molar-refractivity contribution in [2.75, 3.05) is 4.90 Å². The molecule has 0 aliphatic heterocycles. The molecule has 0 saturated carbocycles. The van der Waals surface area contributed by atoms with E-state index in [9.17, 15) is 0 Å². The fourth-order valence-electron chi connectivity index (χ4n) is 10.7. The molecule has 1 heterocycles. The highest BCUT2D eigenvalue weighted by Gasteiger charge is 2.51. The molecule has 0 unspecified atom stereocenters. The van der Waals surface area contributed by atoms with Crippen LogP contribution in [-0.2, 0) is 5.41 Å². The standard InChI is InChI=1S/C57H35NS/c1-2-17-37(18-3-1)53-54-47-25-11-15-29-52(47)59-56(54)46-24-7-6-23-45(46)55(53)58(39-31-30-36-16-4-5-19-38(36)34-39)40-32-33-44-43-22-10-14-28-50(43)57(51(44)35-40)48-26-12-8-20-41(48)42-21-9-13-27-49(42)57/h1-35H. The van der Waals surface area contributed by atoms with Gasteiger partial charge >= 0.3 is 0 Å². The molecule has 0 atom stereocenters. The zero-order valence-electron chi connectivity index (χ0n) is 32.1. The lowest BCUT2D eigenvalue weighted by Crippen LogP contribution is -2.26. The molecule has 0 radical (unpaired) electrons. The van der Waals surface area contributed by atoms with Crippen molar-refractivity contribution in [2.45, 2.75) is 5.41 Å². The highest BCUT2D eigenvalue weighted by molar-refractivity contribution is 7.26. The molecule has 2 aliphatic carbocycles. The van der Waals surface area contributed by atoms with Crippen LogP contribution in [0.3, 0.4) is 0 Å². The predicted octanol–water partition coefficient (Wildman–Crippen LogP) is 15.8. The number of anilines is 3. The van der Waals surface area contributed by atoms with Crippen molar-refractivity contribution in [3.05, 3.63) is 235 Å². The summed E-state index contributed by atoms with van der Waals surface area (Å²) in [5, 5.41) is 7.54. The maximum absolute atomic E-state index is 2.58. The SMILES string of the molecule is c1ccc(-c2c(N(c3ccc4c(c3)C3(c5ccccc5-c5ccccc53)c3ccccc3-4)c3ccc4ccccc4c3)c3ccccc3c3sc4ccccc4c23)cc1. The van der Waals surface area contributed by atoms with E-state index in [-0.39, 0.29) is 0 Å². The number of hydrogen-bond acceptors (Lipinski definition) is 2. The van der Waals surface area contributed by atoms with Crippen molar-refractivity contribution in [1.29, 1.82) is 0 Å². The van der Waals surface area contributed by atoms with Crippen LogP contribution in [0, 0.1) is 0 Å². The summed E-state index contributed by atoms with van der Waals surface area (Å²) in [6, 6.07) is 79.4. The van der Waals surface area contributed by atoms with Crippen LogP contribution in [0.1, 0.15) is 22.3 Å². The van der Waals surface area contributed by atoms with Gasteiger partial charge in [-0.2, -0.15) is 0 Å². The molecule has 0 fully saturated rings. The molecule has 1 nitrogen and oxygen atoms in total. The molecule has 1 aromatic heterocycles. The van der Waals surface area contributed by atoms with E-state index >= 15 is 0 Å². The number of hydrogen-bond donors (Lipinski definition) is 0. The van der Waals surface area contributed by atoms with Gasteiger partial charge in [-0.3, -0.25) is 0 Å². The van der Waals surface area contributed by atoms with E-state index < -0.39 is 5.41 Å². The van der Waals surface area contributed by atoms with Gasteiger partial charge in [0.05, 0.1) is 11.1 Å². The van der Waals surface area contributed by atoms with Gasteiger partial charge in [-0.15, -0.1) is 11.3 Å². The van der Waals surface area contributed by atoms with Gasteiger partial charge in [0.25, 0.3) is 0 Å². The molecular formula is C57H35NS. The molecule has 2 aliphatic rings. The summed E-state index contributed by atoms with van der Waals surface area (Å²) in [5.74, 6) is 0. The van der Waals surface area contributed by atoms with Gasteiger partial charge in [0.15, 0.2) is 0 Å². The van der Waals surface area contributed by atoms with Crippen molar-refractivity contribution in [1.82, 2.24) is 0 Å². The average Bonchev–Trinajstić information content (AvgIpc) is 3.94. The molecule has 11 aromatic rings. The zero-order chi connectivity index (χ0) is 38.7. The van der Waals surface area contributed by atoms with Crippen LogP contribution in [0.2, 0.25) is 0 Å². The average molecular weight is 766 g/mol. The van der Waals surface area contributed by atoms with E-state index in [1.54, 1.807) is 0 Å². The van der Waals surface area contributed by atoms with Crippen LogP contribution in [0.5, 0.6) is 0 Å². The highest BCUT2D eigenvalue weighted by atomic mass is 32.1. The third-order valence-electron chi connectivity index (χ3n) is 13.0. The molecule has 2 heteroatoms. The Bertz CT molecular complexity index is 3460. The maximum Gasteiger partial charge on any atom is 0.0726 e. The number of rotatable bonds is 4. The number of fused-ring (bicyclic) bond motifs is 16.